The Morgan fingerprint density at radius 1 is 1.25 bits per heavy atom. The second-order valence-corrected chi connectivity index (χ2v) is 4.62. The van der Waals surface area contributed by atoms with E-state index in [4.69, 9.17) is 4.74 Å². The summed E-state index contributed by atoms with van der Waals surface area (Å²) in [6.07, 6.45) is 0. The van der Waals surface area contributed by atoms with Crippen LogP contribution in [-0.4, -0.2) is 31.3 Å². The van der Waals surface area contributed by atoms with Gasteiger partial charge in [0, 0.05) is 0 Å². The summed E-state index contributed by atoms with van der Waals surface area (Å²) in [5.74, 6) is 0.0479. The van der Waals surface area contributed by atoms with Crippen molar-refractivity contribution in [1.82, 2.24) is 5.32 Å². The fourth-order valence-electron chi connectivity index (χ4n) is 1.59. The number of hydrogen-bond acceptors (Lipinski definition) is 4. The highest BCUT2D eigenvalue weighted by atomic mass is 16.5. The number of rotatable bonds is 5. The Morgan fingerprint density at radius 2 is 1.90 bits per heavy atom. The third kappa shape index (κ3) is 4.15. The van der Waals surface area contributed by atoms with Gasteiger partial charge in [-0.2, -0.15) is 0 Å². The first-order chi connectivity index (χ1) is 9.40. The molecule has 0 aliphatic carbocycles. The van der Waals surface area contributed by atoms with Crippen molar-refractivity contribution in [2.24, 2.45) is 0 Å². The van der Waals surface area contributed by atoms with Gasteiger partial charge in [-0.05, 0) is 32.9 Å². The third-order valence-corrected chi connectivity index (χ3v) is 2.56. The van der Waals surface area contributed by atoms with Crippen molar-refractivity contribution in [2.75, 3.05) is 19.0 Å². The highest BCUT2D eigenvalue weighted by Crippen LogP contribution is 2.23. The predicted molar refractivity (Wildman–Crippen MR) is 75.9 cm³/mol. The maximum Gasteiger partial charge on any atom is 0.331 e. The topological polar surface area (TPSA) is 76.7 Å². The van der Waals surface area contributed by atoms with Crippen molar-refractivity contribution < 1.29 is 19.1 Å². The molecule has 0 spiro atoms. The molecule has 20 heavy (non-hydrogen) atoms. The van der Waals surface area contributed by atoms with E-state index in [-0.39, 0.29) is 0 Å². The van der Waals surface area contributed by atoms with E-state index in [2.05, 4.69) is 15.4 Å². The van der Waals surface area contributed by atoms with Gasteiger partial charge in [-0.1, -0.05) is 12.1 Å². The van der Waals surface area contributed by atoms with E-state index in [1.807, 2.05) is 13.0 Å². The standard InChI is InChI=1S/C14H20N2O4/c1-5-20-11-9-7-6-8-10(11)15-13(18)16-14(2,3)12(17)19-4/h6-9H,5H2,1-4H3,(H2,15,16,18). The van der Waals surface area contributed by atoms with E-state index in [0.29, 0.717) is 18.0 Å². The molecule has 0 aromatic heterocycles. The smallest absolute Gasteiger partial charge is 0.331 e. The van der Waals surface area contributed by atoms with Gasteiger partial charge in [0.05, 0.1) is 19.4 Å². The highest BCUT2D eigenvalue weighted by Gasteiger charge is 2.30. The summed E-state index contributed by atoms with van der Waals surface area (Å²) in [7, 11) is 1.27. The molecule has 0 heterocycles. The van der Waals surface area contributed by atoms with E-state index in [1.165, 1.54) is 7.11 Å². The number of urea groups is 1. The summed E-state index contributed by atoms with van der Waals surface area (Å²) in [5, 5.41) is 5.19. The quantitative estimate of drug-likeness (QED) is 0.810. The van der Waals surface area contributed by atoms with Gasteiger partial charge in [0.2, 0.25) is 0 Å². The normalized spacial score (nSPS) is 10.6. The molecular weight excluding hydrogens is 260 g/mol. The first kappa shape index (κ1) is 15.8. The monoisotopic (exact) mass is 280 g/mol. The Kier molecular flexibility index (Phi) is 5.37. The molecule has 0 saturated heterocycles. The Balaban J connectivity index is 2.74. The Labute approximate surface area is 118 Å². The van der Waals surface area contributed by atoms with E-state index < -0.39 is 17.5 Å². The maximum atomic E-state index is 11.9. The number of nitrogens with one attached hydrogen (secondary N) is 2. The minimum Gasteiger partial charge on any atom is -0.492 e. The molecule has 0 aliphatic heterocycles. The largest absolute Gasteiger partial charge is 0.492 e. The van der Waals surface area contributed by atoms with Crippen LogP contribution in [0.15, 0.2) is 24.3 Å². The Morgan fingerprint density at radius 3 is 2.50 bits per heavy atom. The summed E-state index contributed by atoms with van der Waals surface area (Å²) in [6.45, 7) is 5.48. The molecule has 1 aromatic rings. The SMILES string of the molecule is CCOc1ccccc1NC(=O)NC(C)(C)C(=O)OC. The van der Waals surface area contributed by atoms with Crippen LogP contribution in [0.3, 0.4) is 0 Å². The van der Waals surface area contributed by atoms with Crippen LogP contribution in [0.2, 0.25) is 0 Å². The minimum atomic E-state index is -1.11. The first-order valence-electron chi connectivity index (χ1n) is 6.30. The zero-order chi connectivity index (χ0) is 15.2. The maximum absolute atomic E-state index is 11.9. The van der Waals surface area contributed by atoms with Gasteiger partial charge in [-0.25, -0.2) is 9.59 Å². The van der Waals surface area contributed by atoms with Gasteiger partial charge >= 0.3 is 12.0 Å². The molecule has 1 rings (SSSR count). The van der Waals surface area contributed by atoms with Crippen LogP contribution < -0.4 is 15.4 Å². The van der Waals surface area contributed by atoms with Crippen LogP contribution in [0, 0.1) is 0 Å². The Hall–Kier alpha value is -2.24. The Bertz CT molecular complexity index is 486. The number of carbonyl (C=O) groups is 2. The van der Waals surface area contributed by atoms with Crippen molar-refractivity contribution in [2.45, 2.75) is 26.3 Å². The van der Waals surface area contributed by atoms with Crippen LogP contribution >= 0.6 is 0 Å². The van der Waals surface area contributed by atoms with Crippen LogP contribution in [0.4, 0.5) is 10.5 Å². The summed E-state index contributed by atoms with van der Waals surface area (Å²) in [4.78, 5) is 23.4. The fraction of sp³-hybridized carbons (Fsp3) is 0.429. The number of esters is 1. The molecule has 6 heteroatoms. The van der Waals surface area contributed by atoms with E-state index in [1.54, 1.807) is 32.0 Å². The molecule has 0 fully saturated rings. The van der Waals surface area contributed by atoms with Crippen LogP contribution in [0.5, 0.6) is 5.75 Å². The number of benzene rings is 1. The van der Waals surface area contributed by atoms with Crippen LogP contribution in [0.1, 0.15) is 20.8 Å². The molecule has 110 valence electrons. The first-order valence-corrected chi connectivity index (χ1v) is 6.30. The molecule has 6 nitrogen and oxygen atoms in total. The van der Waals surface area contributed by atoms with Crippen molar-refractivity contribution in [3.8, 4) is 5.75 Å². The molecule has 0 bridgehead atoms. The molecule has 0 unspecified atom stereocenters. The molecule has 2 N–H and O–H groups in total. The van der Waals surface area contributed by atoms with Gasteiger partial charge < -0.3 is 20.1 Å². The molecule has 2 amide bonds. The second kappa shape index (κ2) is 6.79. The molecule has 0 aliphatic rings. The number of amides is 2. The van der Waals surface area contributed by atoms with Crippen molar-refractivity contribution in [1.29, 1.82) is 0 Å². The molecule has 0 saturated carbocycles. The number of carbonyl (C=O) groups excluding carboxylic acids is 2. The number of ether oxygens (including phenoxy) is 2. The second-order valence-electron chi connectivity index (χ2n) is 4.62. The van der Waals surface area contributed by atoms with Gasteiger partial charge in [-0.3, -0.25) is 0 Å². The number of anilines is 1. The van der Waals surface area contributed by atoms with Crippen LogP contribution in [-0.2, 0) is 9.53 Å². The molecule has 1 aromatic carbocycles. The van der Waals surface area contributed by atoms with Crippen molar-refractivity contribution in [3.63, 3.8) is 0 Å². The summed E-state index contributed by atoms with van der Waals surface area (Å²) in [5.41, 5.74) is -0.577. The average Bonchev–Trinajstić information content (AvgIpc) is 2.39. The summed E-state index contributed by atoms with van der Waals surface area (Å²) in [6, 6.07) is 6.56. The van der Waals surface area contributed by atoms with Gasteiger partial charge in [0.25, 0.3) is 0 Å². The van der Waals surface area contributed by atoms with Gasteiger partial charge in [0.1, 0.15) is 11.3 Å². The minimum absolute atomic E-state index is 0.494. The predicted octanol–water partition coefficient (Wildman–Crippen LogP) is 2.16. The lowest BCUT2D eigenvalue weighted by atomic mass is 10.1. The van der Waals surface area contributed by atoms with Crippen LogP contribution in [0.25, 0.3) is 0 Å². The zero-order valence-electron chi connectivity index (χ0n) is 12.1. The summed E-state index contributed by atoms with van der Waals surface area (Å²) < 4.78 is 10.0. The lowest BCUT2D eigenvalue weighted by molar-refractivity contribution is -0.146. The van der Waals surface area contributed by atoms with E-state index in [9.17, 15) is 9.59 Å². The molecule has 0 radical (unpaired) electrons. The lowest BCUT2D eigenvalue weighted by Gasteiger charge is -2.23. The van der Waals surface area contributed by atoms with Gasteiger partial charge in [-0.15, -0.1) is 0 Å². The third-order valence-electron chi connectivity index (χ3n) is 2.56. The molecule has 0 atom stereocenters. The van der Waals surface area contributed by atoms with Crippen molar-refractivity contribution in [3.05, 3.63) is 24.3 Å². The number of para-hydroxylation sites is 2. The average molecular weight is 280 g/mol. The van der Waals surface area contributed by atoms with E-state index >= 15 is 0 Å². The van der Waals surface area contributed by atoms with Gasteiger partial charge in [0.15, 0.2) is 0 Å². The lowest BCUT2D eigenvalue weighted by Crippen LogP contribution is -2.51. The number of hydrogen-bond donors (Lipinski definition) is 2. The zero-order valence-corrected chi connectivity index (χ0v) is 12.1. The summed E-state index contributed by atoms with van der Waals surface area (Å²) >= 11 is 0. The number of methoxy groups -OCH3 is 1. The fourth-order valence-corrected chi connectivity index (χ4v) is 1.59. The van der Waals surface area contributed by atoms with E-state index in [0.717, 1.165) is 0 Å². The molecular formula is C14H20N2O4. The van der Waals surface area contributed by atoms with Crippen molar-refractivity contribution >= 4 is 17.7 Å². The highest BCUT2D eigenvalue weighted by molar-refractivity contribution is 5.95.